The van der Waals surface area contributed by atoms with Crippen LogP contribution in [0.5, 0.6) is 0 Å². The van der Waals surface area contributed by atoms with Gasteiger partial charge < -0.3 is 9.84 Å². The van der Waals surface area contributed by atoms with Crippen LogP contribution in [0.4, 0.5) is 13.2 Å². The summed E-state index contributed by atoms with van der Waals surface area (Å²) in [5, 5.41) is 11.7. The fourth-order valence-corrected chi connectivity index (χ4v) is 4.70. The van der Waals surface area contributed by atoms with Crippen molar-refractivity contribution in [1.29, 1.82) is 0 Å². The van der Waals surface area contributed by atoms with Crippen LogP contribution in [0.1, 0.15) is 72.8 Å². The molecule has 1 amide bonds. The second kappa shape index (κ2) is 9.23. The largest absolute Gasteiger partial charge is 0.416 e. The molecule has 10 heteroatoms. The Bertz CT molecular complexity index is 1170. The van der Waals surface area contributed by atoms with Gasteiger partial charge in [0.15, 0.2) is 5.82 Å². The molecule has 0 radical (unpaired) electrons. The predicted molar refractivity (Wildman–Crippen MR) is 118 cm³/mol. The number of rotatable bonds is 5. The highest BCUT2D eigenvalue weighted by molar-refractivity contribution is 5.80. The summed E-state index contributed by atoms with van der Waals surface area (Å²) in [4.78, 5) is 17.6. The molecule has 0 aliphatic heterocycles. The maximum absolute atomic E-state index is 13.2. The highest BCUT2D eigenvalue weighted by Gasteiger charge is 2.39. The maximum atomic E-state index is 13.2. The number of nitrogens with one attached hydrogen (secondary N) is 1. The van der Waals surface area contributed by atoms with Gasteiger partial charge in [-0.25, -0.2) is 4.68 Å². The number of aromatic nitrogens is 4. The third-order valence-electron chi connectivity index (χ3n) is 6.49. The minimum absolute atomic E-state index is 0.0508. The first-order valence-electron chi connectivity index (χ1n) is 11.4. The first kappa shape index (κ1) is 24.0. The summed E-state index contributed by atoms with van der Waals surface area (Å²) in [5.41, 5.74) is 0.757. The molecule has 1 saturated carbocycles. The van der Waals surface area contributed by atoms with Crippen LogP contribution in [-0.4, -0.2) is 25.8 Å². The molecule has 0 spiro atoms. The van der Waals surface area contributed by atoms with E-state index in [-0.39, 0.29) is 12.3 Å². The monoisotopic (exact) mass is 475 g/mol. The Morgan fingerprint density at radius 3 is 2.47 bits per heavy atom. The van der Waals surface area contributed by atoms with Crippen molar-refractivity contribution < 1.29 is 22.5 Å². The first-order chi connectivity index (χ1) is 16.1. The zero-order chi connectivity index (χ0) is 24.5. The summed E-state index contributed by atoms with van der Waals surface area (Å²) in [6, 6.07) is 5.00. The Morgan fingerprint density at radius 1 is 1.15 bits per heavy atom. The molecule has 3 aromatic rings. The third kappa shape index (κ3) is 4.85. The van der Waals surface area contributed by atoms with E-state index in [1.807, 2.05) is 0 Å². The summed E-state index contributed by atoms with van der Waals surface area (Å²) in [5.74, 6) is 0.731. The van der Waals surface area contributed by atoms with Crippen molar-refractivity contribution in [2.45, 2.75) is 77.4 Å². The van der Waals surface area contributed by atoms with Crippen molar-refractivity contribution in [1.82, 2.24) is 25.2 Å². The van der Waals surface area contributed by atoms with Crippen LogP contribution in [-0.2, 0) is 22.9 Å². The summed E-state index contributed by atoms with van der Waals surface area (Å²) < 4.78 is 46.2. The van der Waals surface area contributed by atoms with Crippen LogP contribution in [0.2, 0.25) is 0 Å². The van der Waals surface area contributed by atoms with Crippen LogP contribution in [0.15, 0.2) is 28.8 Å². The number of nitrogens with zero attached hydrogens (tertiary/aromatic N) is 4. The first-order valence-corrected chi connectivity index (χ1v) is 11.4. The van der Waals surface area contributed by atoms with Gasteiger partial charge in [0.2, 0.25) is 11.8 Å². The van der Waals surface area contributed by atoms with Gasteiger partial charge in [-0.05, 0) is 44.9 Å². The van der Waals surface area contributed by atoms with E-state index in [2.05, 4.69) is 20.6 Å². The molecule has 2 aromatic heterocycles. The molecule has 34 heavy (non-hydrogen) atoms. The van der Waals surface area contributed by atoms with E-state index >= 15 is 0 Å². The van der Waals surface area contributed by atoms with E-state index in [1.165, 1.54) is 10.7 Å². The van der Waals surface area contributed by atoms with Crippen LogP contribution in [0.3, 0.4) is 0 Å². The maximum Gasteiger partial charge on any atom is 0.416 e. The minimum atomic E-state index is -4.45. The zero-order valence-electron chi connectivity index (χ0n) is 19.5. The number of benzene rings is 1. The molecular weight excluding hydrogens is 447 g/mol. The predicted octanol–water partition coefficient (Wildman–Crippen LogP) is 5.11. The number of alkyl halides is 3. The van der Waals surface area contributed by atoms with Gasteiger partial charge in [-0.3, -0.25) is 4.79 Å². The van der Waals surface area contributed by atoms with Crippen molar-refractivity contribution >= 4 is 5.91 Å². The molecule has 1 aliphatic rings. The topological polar surface area (TPSA) is 85.8 Å². The Kier molecular flexibility index (Phi) is 6.51. The van der Waals surface area contributed by atoms with E-state index in [9.17, 15) is 18.0 Å². The van der Waals surface area contributed by atoms with Gasteiger partial charge in [-0.2, -0.15) is 23.3 Å². The Labute approximate surface area is 195 Å². The molecular formula is C24H28F3N5O2. The van der Waals surface area contributed by atoms with Crippen molar-refractivity contribution in [3.05, 3.63) is 58.5 Å². The van der Waals surface area contributed by atoms with E-state index in [0.29, 0.717) is 34.4 Å². The normalized spacial score (nSPS) is 16.3. The molecule has 0 atom stereocenters. The number of aryl methyl sites for hydroxylation is 2. The number of amides is 1. The highest BCUT2D eigenvalue weighted by Crippen LogP contribution is 2.35. The van der Waals surface area contributed by atoms with E-state index in [1.54, 1.807) is 26.8 Å². The lowest BCUT2D eigenvalue weighted by atomic mass is 9.88. The highest BCUT2D eigenvalue weighted by atomic mass is 19.4. The molecule has 1 fully saturated rings. The number of halogens is 3. The number of carbonyl (C=O) groups is 1. The molecule has 182 valence electrons. The quantitative estimate of drug-likeness (QED) is 0.519. The van der Waals surface area contributed by atoms with Crippen molar-refractivity contribution in [3.8, 4) is 5.69 Å². The van der Waals surface area contributed by atoms with Crippen molar-refractivity contribution in [2.24, 2.45) is 0 Å². The molecule has 4 rings (SSSR count). The number of hydrogen-bond acceptors (Lipinski definition) is 5. The summed E-state index contributed by atoms with van der Waals surface area (Å²) >= 11 is 0. The molecule has 1 N–H and O–H groups in total. The SMILES string of the molecule is Cc1nc(C2(NC(=O)Cc3c(C)nn(-c4cccc(C(F)(F)F)c4)c3C)CCCCCC2)no1. The average molecular weight is 476 g/mol. The summed E-state index contributed by atoms with van der Waals surface area (Å²) in [7, 11) is 0. The molecule has 0 unspecified atom stereocenters. The Hall–Kier alpha value is -3.17. The van der Waals surface area contributed by atoms with Crippen LogP contribution < -0.4 is 5.32 Å². The van der Waals surface area contributed by atoms with Crippen molar-refractivity contribution in [3.63, 3.8) is 0 Å². The van der Waals surface area contributed by atoms with Crippen LogP contribution in [0, 0.1) is 20.8 Å². The van der Waals surface area contributed by atoms with Crippen LogP contribution >= 0.6 is 0 Å². The standard InChI is InChI=1S/C24H28F3N5O2/c1-15-20(16(2)32(30-15)19-10-8-9-18(13-19)24(25,26)27)14-21(33)29-23(11-6-4-5-7-12-23)22-28-17(3)34-31-22/h8-10,13H,4-7,11-12,14H2,1-3H3,(H,29,33). The van der Waals surface area contributed by atoms with Gasteiger partial charge in [0.1, 0.15) is 5.54 Å². The molecule has 1 aromatic carbocycles. The Balaban J connectivity index is 1.59. The minimum Gasteiger partial charge on any atom is -0.343 e. The summed E-state index contributed by atoms with van der Waals surface area (Å²) in [6.07, 6.45) is 1.09. The van der Waals surface area contributed by atoms with E-state index in [4.69, 9.17) is 4.52 Å². The fraction of sp³-hybridized carbons (Fsp3) is 0.500. The van der Waals surface area contributed by atoms with Crippen molar-refractivity contribution in [2.75, 3.05) is 0 Å². The van der Waals surface area contributed by atoms with Gasteiger partial charge in [-0.1, -0.05) is 36.9 Å². The molecule has 2 heterocycles. The smallest absolute Gasteiger partial charge is 0.343 e. The second-order valence-electron chi connectivity index (χ2n) is 8.97. The second-order valence-corrected chi connectivity index (χ2v) is 8.97. The van der Waals surface area contributed by atoms with Gasteiger partial charge in [0.05, 0.1) is 23.4 Å². The van der Waals surface area contributed by atoms with E-state index in [0.717, 1.165) is 50.7 Å². The molecule has 7 nitrogen and oxygen atoms in total. The van der Waals surface area contributed by atoms with Gasteiger partial charge in [0.25, 0.3) is 0 Å². The molecule has 1 aliphatic carbocycles. The lowest BCUT2D eigenvalue weighted by molar-refractivity contribution is -0.137. The lowest BCUT2D eigenvalue weighted by Gasteiger charge is -2.30. The number of carbonyl (C=O) groups excluding carboxylic acids is 1. The lowest BCUT2D eigenvalue weighted by Crippen LogP contribution is -2.47. The fourth-order valence-electron chi connectivity index (χ4n) is 4.70. The van der Waals surface area contributed by atoms with Gasteiger partial charge in [-0.15, -0.1) is 0 Å². The number of hydrogen-bond donors (Lipinski definition) is 1. The third-order valence-corrected chi connectivity index (χ3v) is 6.49. The molecule has 0 bridgehead atoms. The van der Waals surface area contributed by atoms with Gasteiger partial charge >= 0.3 is 6.18 Å². The zero-order valence-corrected chi connectivity index (χ0v) is 19.5. The molecule has 0 saturated heterocycles. The average Bonchev–Trinajstić information content (AvgIpc) is 3.24. The Morgan fingerprint density at radius 2 is 1.85 bits per heavy atom. The van der Waals surface area contributed by atoms with Crippen LogP contribution in [0.25, 0.3) is 5.69 Å². The van der Waals surface area contributed by atoms with E-state index < -0.39 is 17.3 Å². The van der Waals surface area contributed by atoms with Gasteiger partial charge in [0, 0.05) is 18.2 Å². The summed E-state index contributed by atoms with van der Waals surface area (Å²) in [6.45, 7) is 5.23.